The van der Waals surface area contributed by atoms with Crippen LogP contribution in [0, 0.1) is 0 Å². The molecule has 34 heavy (non-hydrogen) atoms. The maximum atomic E-state index is 6.00. The number of nitrogens with zero attached hydrogens (tertiary/aromatic N) is 4. The number of pyridine rings is 1. The van der Waals surface area contributed by atoms with Crippen molar-refractivity contribution in [2.75, 3.05) is 0 Å². The molecule has 5 aromatic rings. The summed E-state index contributed by atoms with van der Waals surface area (Å²) in [5.41, 5.74) is 5.45. The third-order valence-corrected chi connectivity index (χ3v) is 5.60. The van der Waals surface area contributed by atoms with Gasteiger partial charge in [-0.1, -0.05) is 78.0 Å². The van der Waals surface area contributed by atoms with E-state index in [4.69, 9.17) is 4.74 Å². The average molecular weight is 448 g/mol. The van der Waals surface area contributed by atoms with E-state index < -0.39 is 0 Å². The molecule has 6 heteroatoms. The van der Waals surface area contributed by atoms with Gasteiger partial charge in [-0.2, -0.15) is 5.21 Å². The van der Waals surface area contributed by atoms with Gasteiger partial charge in [0, 0.05) is 11.8 Å². The van der Waals surface area contributed by atoms with Crippen LogP contribution in [0.5, 0.6) is 5.75 Å². The Hall–Kier alpha value is -4.32. The predicted molar refractivity (Wildman–Crippen MR) is 134 cm³/mol. The van der Waals surface area contributed by atoms with Crippen LogP contribution in [-0.4, -0.2) is 25.6 Å². The van der Waals surface area contributed by atoms with Crippen LogP contribution in [0.3, 0.4) is 0 Å². The summed E-state index contributed by atoms with van der Waals surface area (Å²) in [5, 5.41) is 15.2. The summed E-state index contributed by atoms with van der Waals surface area (Å²) in [4.78, 5) is 4.68. The zero-order valence-electron chi connectivity index (χ0n) is 18.8. The minimum atomic E-state index is 0.437. The second-order valence-corrected chi connectivity index (χ2v) is 8.11. The third-order valence-electron chi connectivity index (χ3n) is 5.60. The minimum absolute atomic E-state index is 0.437. The van der Waals surface area contributed by atoms with Crippen LogP contribution in [0.15, 0.2) is 84.9 Å². The summed E-state index contributed by atoms with van der Waals surface area (Å²) < 4.78 is 6.00. The predicted octanol–water partition coefficient (Wildman–Crippen LogP) is 5.67. The quantitative estimate of drug-likeness (QED) is 0.295. The molecule has 0 aliphatic rings. The molecule has 0 amide bonds. The molecule has 0 radical (unpaired) electrons. The molecule has 0 saturated carbocycles. The zero-order chi connectivity index (χ0) is 23.0. The molecule has 1 N–H and O–H groups in total. The Labute approximate surface area is 198 Å². The molecule has 0 aliphatic heterocycles. The van der Waals surface area contributed by atoms with Crippen molar-refractivity contribution < 1.29 is 4.74 Å². The monoisotopic (exact) mass is 447 g/mol. The molecule has 0 aliphatic carbocycles. The second-order valence-electron chi connectivity index (χ2n) is 8.11. The van der Waals surface area contributed by atoms with E-state index in [1.54, 1.807) is 0 Å². The van der Waals surface area contributed by atoms with E-state index in [0.29, 0.717) is 6.61 Å². The zero-order valence-corrected chi connectivity index (χ0v) is 18.8. The Morgan fingerprint density at radius 1 is 0.794 bits per heavy atom. The summed E-state index contributed by atoms with van der Waals surface area (Å²) in [5.74, 6) is 1.59. The first-order valence-electron chi connectivity index (χ1n) is 11.4. The van der Waals surface area contributed by atoms with Crippen molar-refractivity contribution in [3.8, 4) is 5.75 Å². The Balaban J connectivity index is 1.15. The van der Waals surface area contributed by atoms with E-state index in [-0.39, 0.29) is 0 Å². The number of benzene rings is 3. The van der Waals surface area contributed by atoms with Gasteiger partial charge in [-0.15, -0.1) is 10.2 Å². The Bertz CT molecular complexity index is 1380. The molecule has 2 aromatic heterocycles. The molecule has 0 bridgehead atoms. The lowest BCUT2D eigenvalue weighted by Crippen LogP contribution is -1.98. The molecule has 0 unspecified atom stereocenters. The van der Waals surface area contributed by atoms with Crippen LogP contribution in [0.4, 0.5) is 0 Å². The highest BCUT2D eigenvalue weighted by Crippen LogP contribution is 2.19. The largest absolute Gasteiger partial charge is 0.487 e. The van der Waals surface area contributed by atoms with Crippen LogP contribution < -0.4 is 4.74 Å². The lowest BCUT2D eigenvalue weighted by Gasteiger charge is -2.07. The number of fused-ring (bicyclic) bond motifs is 1. The fourth-order valence-corrected chi connectivity index (χ4v) is 3.78. The second kappa shape index (κ2) is 10.5. The van der Waals surface area contributed by atoms with Crippen LogP contribution >= 0.6 is 0 Å². The number of nitrogens with one attached hydrogen (secondary N) is 1. The van der Waals surface area contributed by atoms with Crippen molar-refractivity contribution in [1.29, 1.82) is 0 Å². The number of aromatic amines is 1. The van der Waals surface area contributed by atoms with Crippen molar-refractivity contribution in [3.63, 3.8) is 0 Å². The standard InChI is InChI=1S/C28H25N5O/c1-2-9-27-24(7-1)17-18-25(29-27)20-34-26-8-3-6-23(19-26)16-15-22-13-11-21(12-14-22)5-4-10-28-30-32-33-31-28/h1-3,6-9,11-19H,4-5,10,20H2,(H,30,31,32,33)/b16-15+. The smallest absolute Gasteiger partial charge is 0.174 e. The molecule has 0 spiro atoms. The lowest BCUT2D eigenvalue weighted by atomic mass is 10.1. The van der Waals surface area contributed by atoms with Gasteiger partial charge < -0.3 is 4.74 Å². The number of aryl methyl sites for hydroxylation is 2. The SMILES string of the molecule is C(=C\c1cccc(OCc2ccc3ccccc3n2)c1)/c1ccc(CCCc2nn[nH]n2)cc1. The van der Waals surface area contributed by atoms with Crippen LogP contribution in [-0.2, 0) is 19.4 Å². The first-order valence-corrected chi connectivity index (χ1v) is 11.4. The fourth-order valence-electron chi connectivity index (χ4n) is 3.78. The van der Waals surface area contributed by atoms with Crippen molar-refractivity contribution >= 4 is 23.1 Å². The lowest BCUT2D eigenvalue weighted by molar-refractivity contribution is 0.302. The summed E-state index contributed by atoms with van der Waals surface area (Å²) >= 11 is 0. The maximum Gasteiger partial charge on any atom is 0.174 e. The highest BCUT2D eigenvalue weighted by Gasteiger charge is 2.02. The van der Waals surface area contributed by atoms with E-state index >= 15 is 0 Å². The van der Waals surface area contributed by atoms with E-state index in [1.165, 1.54) is 5.56 Å². The third kappa shape index (κ3) is 5.72. The van der Waals surface area contributed by atoms with Gasteiger partial charge in [-0.05, 0) is 53.8 Å². The molecule has 0 fully saturated rings. The van der Waals surface area contributed by atoms with Crippen LogP contribution in [0.1, 0.15) is 34.6 Å². The molecular formula is C28H25N5O. The normalized spacial score (nSPS) is 11.3. The van der Waals surface area contributed by atoms with Gasteiger partial charge >= 0.3 is 0 Å². The fraction of sp³-hybridized carbons (Fsp3) is 0.143. The Morgan fingerprint density at radius 3 is 2.56 bits per heavy atom. The summed E-state index contributed by atoms with van der Waals surface area (Å²) in [6.07, 6.45) is 7.03. The molecule has 0 saturated heterocycles. The molecule has 0 atom stereocenters. The molecule has 2 heterocycles. The van der Waals surface area contributed by atoms with Crippen molar-refractivity contribution in [2.45, 2.75) is 25.9 Å². The highest BCUT2D eigenvalue weighted by atomic mass is 16.5. The van der Waals surface area contributed by atoms with E-state index in [9.17, 15) is 0 Å². The van der Waals surface area contributed by atoms with Crippen LogP contribution in [0.25, 0.3) is 23.1 Å². The van der Waals surface area contributed by atoms with Crippen LogP contribution in [0.2, 0.25) is 0 Å². The molecular weight excluding hydrogens is 422 g/mol. The van der Waals surface area contributed by atoms with Crippen molar-refractivity contribution in [2.24, 2.45) is 0 Å². The molecule has 6 nitrogen and oxygen atoms in total. The van der Waals surface area contributed by atoms with E-state index in [1.807, 2.05) is 42.5 Å². The van der Waals surface area contributed by atoms with Gasteiger partial charge in [0.05, 0.1) is 11.2 Å². The molecule has 168 valence electrons. The summed E-state index contributed by atoms with van der Waals surface area (Å²) in [6, 6.07) is 28.9. The number of ether oxygens (including phenoxy) is 1. The van der Waals surface area contributed by atoms with Gasteiger partial charge in [-0.3, -0.25) is 0 Å². The number of tetrazole rings is 1. The number of hydrogen-bond donors (Lipinski definition) is 1. The van der Waals surface area contributed by atoms with Crippen molar-refractivity contribution in [3.05, 3.63) is 113 Å². The first-order chi connectivity index (χ1) is 16.8. The molecule has 3 aromatic carbocycles. The summed E-state index contributed by atoms with van der Waals surface area (Å²) in [7, 11) is 0. The van der Waals surface area contributed by atoms with Gasteiger partial charge in [0.1, 0.15) is 12.4 Å². The van der Waals surface area contributed by atoms with Crippen molar-refractivity contribution in [1.82, 2.24) is 25.6 Å². The maximum absolute atomic E-state index is 6.00. The topological polar surface area (TPSA) is 76.6 Å². The van der Waals surface area contributed by atoms with E-state index in [0.717, 1.165) is 58.6 Å². The molecule has 5 rings (SSSR count). The van der Waals surface area contributed by atoms with Gasteiger partial charge in [0.15, 0.2) is 5.82 Å². The van der Waals surface area contributed by atoms with Gasteiger partial charge in [0.2, 0.25) is 0 Å². The van der Waals surface area contributed by atoms with E-state index in [2.05, 4.69) is 80.2 Å². The first kappa shape index (κ1) is 21.5. The number of rotatable bonds is 9. The number of hydrogen-bond acceptors (Lipinski definition) is 5. The van der Waals surface area contributed by atoms with Gasteiger partial charge in [-0.25, -0.2) is 4.98 Å². The minimum Gasteiger partial charge on any atom is -0.487 e. The number of aromatic nitrogens is 5. The average Bonchev–Trinajstić information content (AvgIpc) is 3.41. The Kier molecular flexibility index (Phi) is 6.67. The Morgan fingerprint density at radius 2 is 1.68 bits per heavy atom. The summed E-state index contributed by atoms with van der Waals surface area (Å²) in [6.45, 7) is 0.437. The van der Waals surface area contributed by atoms with Gasteiger partial charge in [0.25, 0.3) is 0 Å². The number of para-hydroxylation sites is 1. The highest BCUT2D eigenvalue weighted by molar-refractivity contribution is 5.78. The number of H-pyrrole nitrogens is 1.